The molecule has 0 amide bonds. The number of esters is 2. The van der Waals surface area contributed by atoms with Crippen molar-refractivity contribution in [1.29, 1.82) is 0 Å². The first-order chi connectivity index (χ1) is 17.6. The van der Waals surface area contributed by atoms with Gasteiger partial charge in [0.15, 0.2) is 12.2 Å². The highest BCUT2D eigenvalue weighted by molar-refractivity contribution is 7.99. The standard InChI is InChI=1S/C29H30O6S/c1-3-36-29-26(35-28(31)23-17-11-6-12-18-23)25(32-19-21-13-7-4-8-14-21)24(20(2)33-29)34-27(30)22-15-9-5-10-16-22/h4-18,20,24-26,29H,3,19H2,1-2H3/t20-,24-,25+,26+,29-/m0/s1. The molecular weight excluding hydrogens is 476 g/mol. The van der Waals surface area contributed by atoms with Gasteiger partial charge < -0.3 is 18.9 Å². The lowest BCUT2D eigenvalue weighted by Crippen LogP contribution is -2.59. The summed E-state index contributed by atoms with van der Waals surface area (Å²) in [6, 6.07) is 27.3. The fourth-order valence-corrected chi connectivity index (χ4v) is 5.03. The zero-order valence-corrected chi connectivity index (χ0v) is 21.1. The van der Waals surface area contributed by atoms with Crippen molar-refractivity contribution >= 4 is 23.7 Å². The van der Waals surface area contributed by atoms with Crippen molar-refractivity contribution in [2.75, 3.05) is 5.75 Å². The molecule has 5 atom stereocenters. The summed E-state index contributed by atoms with van der Waals surface area (Å²) >= 11 is 1.52. The minimum Gasteiger partial charge on any atom is -0.453 e. The third-order valence-corrected chi connectivity index (χ3v) is 6.89. The van der Waals surface area contributed by atoms with Gasteiger partial charge in [0, 0.05) is 0 Å². The van der Waals surface area contributed by atoms with Gasteiger partial charge in [0.1, 0.15) is 11.5 Å². The van der Waals surface area contributed by atoms with Crippen LogP contribution < -0.4 is 0 Å². The molecule has 1 heterocycles. The van der Waals surface area contributed by atoms with Gasteiger partial charge in [-0.2, -0.15) is 0 Å². The molecule has 188 valence electrons. The van der Waals surface area contributed by atoms with E-state index in [-0.39, 0.29) is 6.61 Å². The summed E-state index contributed by atoms with van der Waals surface area (Å²) in [7, 11) is 0. The number of thioether (sulfide) groups is 1. The van der Waals surface area contributed by atoms with Crippen LogP contribution in [0.1, 0.15) is 40.1 Å². The SMILES string of the molecule is CCS[C@@H]1O[C@@H](C)[C@H](OC(=O)c2ccccc2)[C@@H](OCc2ccccc2)[C@H]1OC(=O)c1ccccc1. The average Bonchev–Trinajstić information content (AvgIpc) is 2.92. The lowest BCUT2D eigenvalue weighted by molar-refractivity contribution is -0.212. The molecule has 4 rings (SSSR count). The molecule has 36 heavy (non-hydrogen) atoms. The van der Waals surface area contributed by atoms with Crippen molar-refractivity contribution in [3.8, 4) is 0 Å². The number of hydrogen-bond acceptors (Lipinski definition) is 7. The molecular formula is C29H30O6S. The number of carbonyl (C=O) groups excluding carboxylic acids is 2. The second kappa shape index (κ2) is 12.7. The van der Waals surface area contributed by atoms with Gasteiger partial charge in [0.2, 0.25) is 0 Å². The Morgan fingerprint density at radius 3 is 1.78 bits per heavy atom. The summed E-state index contributed by atoms with van der Waals surface area (Å²) in [5.41, 5.74) is 1.33. The normalized spacial score (nSPS) is 23.6. The first-order valence-corrected chi connectivity index (χ1v) is 13.1. The van der Waals surface area contributed by atoms with E-state index >= 15 is 0 Å². The summed E-state index contributed by atoms with van der Waals surface area (Å²) in [6.45, 7) is 4.12. The minimum absolute atomic E-state index is 0.264. The number of carbonyl (C=O) groups is 2. The second-order valence-corrected chi connectivity index (χ2v) is 9.77. The summed E-state index contributed by atoms with van der Waals surface area (Å²) in [4.78, 5) is 26.1. The van der Waals surface area contributed by atoms with Gasteiger partial charge in [-0.15, -0.1) is 11.8 Å². The molecule has 0 bridgehead atoms. The number of hydrogen-bond donors (Lipinski definition) is 0. The Morgan fingerprint density at radius 2 is 1.25 bits per heavy atom. The van der Waals surface area contributed by atoms with E-state index in [2.05, 4.69) is 0 Å². The Hall–Kier alpha value is -3.13. The Bertz CT molecular complexity index is 1110. The molecule has 0 unspecified atom stereocenters. The topological polar surface area (TPSA) is 71.1 Å². The molecule has 0 radical (unpaired) electrons. The van der Waals surface area contributed by atoms with Crippen molar-refractivity contribution in [2.24, 2.45) is 0 Å². The van der Waals surface area contributed by atoms with Crippen molar-refractivity contribution < 1.29 is 28.5 Å². The Morgan fingerprint density at radius 1 is 0.750 bits per heavy atom. The predicted molar refractivity (Wildman–Crippen MR) is 139 cm³/mol. The van der Waals surface area contributed by atoms with Crippen LogP contribution in [0.3, 0.4) is 0 Å². The third kappa shape index (κ3) is 6.55. The van der Waals surface area contributed by atoms with Gasteiger partial charge in [-0.05, 0) is 42.5 Å². The lowest BCUT2D eigenvalue weighted by atomic mass is 9.99. The van der Waals surface area contributed by atoms with Gasteiger partial charge in [0.05, 0.1) is 23.8 Å². The number of ether oxygens (including phenoxy) is 4. The monoisotopic (exact) mass is 506 g/mol. The molecule has 0 spiro atoms. The molecule has 1 aliphatic rings. The predicted octanol–water partition coefficient (Wildman–Crippen LogP) is 5.52. The van der Waals surface area contributed by atoms with Crippen molar-refractivity contribution in [3.05, 3.63) is 108 Å². The first-order valence-electron chi connectivity index (χ1n) is 12.0. The fourth-order valence-electron chi connectivity index (χ4n) is 4.05. The van der Waals surface area contributed by atoms with Crippen molar-refractivity contribution in [1.82, 2.24) is 0 Å². The van der Waals surface area contributed by atoms with Crippen LogP contribution in [0.2, 0.25) is 0 Å². The van der Waals surface area contributed by atoms with E-state index in [0.29, 0.717) is 11.1 Å². The van der Waals surface area contributed by atoms with Crippen LogP contribution in [-0.2, 0) is 25.6 Å². The summed E-state index contributed by atoms with van der Waals surface area (Å²) in [5.74, 6) is -0.225. The maximum atomic E-state index is 13.1. The van der Waals surface area contributed by atoms with Gasteiger partial charge in [-0.1, -0.05) is 73.7 Å². The summed E-state index contributed by atoms with van der Waals surface area (Å²) in [6.07, 6.45) is -2.80. The van der Waals surface area contributed by atoms with Crippen LogP contribution in [-0.4, -0.2) is 47.5 Å². The number of rotatable bonds is 9. The summed E-state index contributed by atoms with van der Waals surface area (Å²) in [5, 5.41) is 0. The highest BCUT2D eigenvalue weighted by Crippen LogP contribution is 2.35. The van der Waals surface area contributed by atoms with Gasteiger partial charge in [-0.3, -0.25) is 0 Å². The van der Waals surface area contributed by atoms with Crippen molar-refractivity contribution in [2.45, 2.75) is 50.3 Å². The van der Waals surface area contributed by atoms with E-state index < -0.39 is 41.8 Å². The average molecular weight is 507 g/mol. The minimum atomic E-state index is -0.795. The maximum Gasteiger partial charge on any atom is 0.338 e. The highest BCUT2D eigenvalue weighted by atomic mass is 32.2. The Balaban J connectivity index is 1.63. The molecule has 3 aromatic rings. The maximum absolute atomic E-state index is 13.1. The lowest BCUT2D eigenvalue weighted by Gasteiger charge is -2.44. The van der Waals surface area contributed by atoms with Crippen LogP contribution in [0.5, 0.6) is 0 Å². The molecule has 6 nitrogen and oxygen atoms in total. The summed E-state index contributed by atoms with van der Waals surface area (Å²) < 4.78 is 24.6. The molecule has 3 aromatic carbocycles. The van der Waals surface area contributed by atoms with Crippen LogP contribution in [0.4, 0.5) is 0 Å². The molecule has 0 aromatic heterocycles. The zero-order chi connectivity index (χ0) is 25.3. The molecule has 0 aliphatic carbocycles. The Labute approximate surface area is 215 Å². The quantitative estimate of drug-likeness (QED) is 0.354. The van der Waals surface area contributed by atoms with E-state index in [1.54, 1.807) is 48.5 Å². The zero-order valence-electron chi connectivity index (χ0n) is 20.3. The van der Waals surface area contributed by atoms with Crippen LogP contribution >= 0.6 is 11.8 Å². The van der Waals surface area contributed by atoms with Crippen LogP contribution in [0.15, 0.2) is 91.0 Å². The molecule has 1 fully saturated rings. The number of benzene rings is 3. The van der Waals surface area contributed by atoms with Gasteiger partial charge in [-0.25, -0.2) is 9.59 Å². The van der Waals surface area contributed by atoms with Crippen LogP contribution in [0, 0.1) is 0 Å². The van der Waals surface area contributed by atoms with E-state index in [0.717, 1.165) is 11.3 Å². The third-order valence-electron chi connectivity index (χ3n) is 5.85. The molecule has 1 aliphatic heterocycles. The van der Waals surface area contributed by atoms with Crippen LogP contribution in [0.25, 0.3) is 0 Å². The van der Waals surface area contributed by atoms with E-state index in [1.807, 2.05) is 56.3 Å². The van der Waals surface area contributed by atoms with Gasteiger partial charge >= 0.3 is 11.9 Å². The fraction of sp³-hybridized carbons (Fsp3) is 0.310. The first kappa shape index (κ1) is 25.9. The molecule has 1 saturated heterocycles. The molecule has 7 heteroatoms. The largest absolute Gasteiger partial charge is 0.453 e. The molecule has 0 saturated carbocycles. The Kier molecular flexibility index (Phi) is 9.17. The van der Waals surface area contributed by atoms with E-state index in [1.165, 1.54) is 11.8 Å². The van der Waals surface area contributed by atoms with E-state index in [4.69, 9.17) is 18.9 Å². The highest BCUT2D eigenvalue weighted by Gasteiger charge is 2.49. The van der Waals surface area contributed by atoms with Gasteiger partial charge in [0.25, 0.3) is 0 Å². The smallest absolute Gasteiger partial charge is 0.338 e. The van der Waals surface area contributed by atoms with E-state index in [9.17, 15) is 9.59 Å². The molecule has 0 N–H and O–H groups in total. The second-order valence-electron chi connectivity index (χ2n) is 8.40. The van der Waals surface area contributed by atoms with Crippen molar-refractivity contribution in [3.63, 3.8) is 0 Å².